The third-order valence-electron chi connectivity index (χ3n) is 2.68. The molecule has 1 fully saturated rings. The van der Waals surface area contributed by atoms with E-state index in [2.05, 4.69) is 0 Å². The molecule has 1 aromatic rings. The molecule has 0 aliphatic carbocycles. The number of rotatable bonds is 5. The molecule has 1 aliphatic heterocycles. The normalized spacial score (nSPS) is 18.4. The van der Waals surface area contributed by atoms with Gasteiger partial charge in [0, 0.05) is 6.92 Å². The number of carbonyl (C=O) groups excluding carboxylic acids is 2. The molecule has 0 bridgehead atoms. The number of nitrogens with zero attached hydrogens (tertiary/aromatic N) is 1. The predicted octanol–water partition coefficient (Wildman–Crippen LogP) is 1.28. The van der Waals surface area contributed by atoms with Crippen LogP contribution in [0.1, 0.15) is 18.9 Å². The van der Waals surface area contributed by atoms with Crippen molar-refractivity contribution in [1.82, 2.24) is 5.06 Å². The van der Waals surface area contributed by atoms with E-state index in [1.54, 1.807) is 0 Å². The van der Waals surface area contributed by atoms with E-state index in [1.165, 1.54) is 12.0 Å². The first kappa shape index (κ1) is 12.6. The van der Waals surface area contributed by atoms with Crippen molar-refractivity contribution in [3.63, 3.8) is 0 Å². The molecule has 2 rings (SSSR count). The fraction of sp³-hybridized carbons (Fsp3) is 0.385. The van der Waals surface area contributed by atoms with Crippen LogP contribution in [0.2, 0.25) is 0 Å². The molecule has 1 aromatic carbocycles. The maximum Gasteiger partial charge on any atom is 0.302 e. The second-order valence-electron chi connectivity index (χ2n) is 4.14. The maximum atomic E-state index is 11.4. The number of amides is 1. The van der Waals surface area contributed by atoms with E-state index in [-0.39, 0.29) is 24.5 Å². The van der Waals surface area contributed by atoms with Crippen LogP contribution in [0.3, 0.4) is 0 Å². The van der Waals surface area contributed by atoms with E-state index in [1.807, 2.05) is 30.3 Å². The molecule has 1 saturated heterocycles. The predicted molar refractivity (Wildman–Crippen MR) is 63.1 cm³/mol. The molecule has 5 heteroatoms. The van der Waals surface area contributed by atoms with Gasteiger partial charge in [-0.2, -0.15) is 0 Å². The Morgan fingerprint density at radius 1 is 1.39 bits per heavy atom. The van der Waals surface area contributed by atoms with E-state index in [0.717, 1.165) is 5.56 Å². The number of benzene rings is 1. The summed E-state index contributed by atoms with van der Waals surface area (Å²) in [6, 6.07) is 9.42. The second-order valence-corrected chi connectivity index (χ2v) is 4.14. The minimum atomic E-state index is -0.350. The van der Waals surface area contributed by atoms with Crippen LogP contribution < -0.4 is 0 Å². The van der Waals surface area contributed by atoms with Gasteiger partial charge in [0.1, 0.15) is 19.3 Å². The monoisotopic (exact) mass is 249 g/mol. The Kier molecular flexibility index (Phi) is 3.94. The molecule has 1 atom stereocenters. The molecule has 0 aromatic heterocycles. The lowest BCUT2D eigenvalue weighted by Crippen LogP contribution is -2.54. The van der Waals surface area contributed by atoms with Crippen LogP contribution in [0.25, 0.3) is 0 Å². The molecular formula is C13H15NO4. The van der Waals surface area contributed by atoms with E-state index < -0.39 is 0 Å². The number of hydrogen-bond acceptors (Lipinski definition) is 4. The largest absolute Gasteiger partial charge is 0.464 e. The van der Waals surface area contributed by atoms with Crippen molar-refractivity contribution in [2.75, 3.05) is 6.61 Å². The van der Waals surface area contributed by atoms with Gasteiger partial charge < -0.3 is 4.74 Å². The number of hydroxylamine groups is 2. The number of esters is 1. The fourth-order valence-corrected chi connectivity index (χ4v) is 1.70. The molecule has 0 saturated carbocycles. The smallest absolute Gasteiger partial charge is 0.302 e. The van der Waals surface area contributed by atoms with Crippen LogP contribution in [0.15, 0.2) is 30.3 Å². The van der Waals surface area contributed by atoms with Gasteiger partial charge in [0.05, 0.1) is 6.42 Å². The van der Waals surface area contributed by atoms with E-state index in [4.69, 9.17) is 9.57 Å². The van der Waals surface area contributed by atoms with Crippen LogP contribution in [0.4, 0.5) is 0 Å². The third kappa shape index (κ3) is 3.07. The SMILES string of the molecule is CC(=O)OCC1CC(=O)N1OCc1ccccc1. The standard InChI is InChI=1S/C13H15NO4/c1-10(15)17-9-12-7-13(16)14(12)18-8-11-5-3-2-4-6-11/h2-6,12H,7-9H2,1H3. The van der Waals surface area contributed by atoms with Gasteiger partial charge in [-0.3, -0.25) is 14.4 Å². The minimum absolute atomic E-state index is 0.0805. The van der Waals surface area contributed by atoms with Gasteiger partial charge in [-0.1, -0.05) is 30.3 Å². The molecule has 1 unspecified atom stereocenters. The Morgan fingerprint density at radius 3 is 2.72 bits per heavy atom. The molecular weight excluding hydrogens is 234 g/mol. The maximum absolute atomic E-state index is 11.4. The molecule has 96 valence electrons. The molecule has 5 nitrogen and oxygen atoms in total. The highest BCUT2D eigenvalue weighted by Crippen LogP contribution is 2.21. The summed E-state index contributed by atoms with van der Waals surface area (Å²) in [6.07, 6.45) is 0.363. The first-order chi connectivity index (χ1) is 8.66. The summed E-state index contributed by atoms with van der Waals surface area (Å²) in [7, 11) is 0. The highest BCUT2D eigenvalue weighted by Gasteiger charge is 2.38. The molecule has 1 heterocycles. The Bertz CT molecular complexity index is 432. The number of β-lactam (4-membered cyclic amide) rings is 1. The topological polar surface area (TPSA) is 55.8 Å². The lowest BCUT2D eigenvalue weighted by atomic mass is 10.1. The summed E-state index contributed by atoms with van der Waals surface area (Å²) in [4.78, 5) is 27.5. The first-order valence-electron chi connectivity index (χ1n) is 5.79. The van der Waals surface area contributed by atoms with E-state index >= 15 is 0 Å². The Morgan fingerprint density at radius 2 is 2.11 bits per heavy atom. The van der Waals surface area contributed by atoms with Gasteiger partial charge in [0.2, 0.25) is 5.91 Å². The summed E-state index contributed by atoms with van der Waals surface area (Å²) in [5.41, 5.74) is 0.989. The van der Waals surface area contributed by atoms with Gasteiger partial charge in [0.15, 0.2) is 0 Å². The van der Waals surface area contributed by atoms with E-state index in [0.29, 0.717) is 13.0 Å². The Hall–Kier alpha value is -1.88. The minimum Gasteiger partial charge on any atom is -0.464 e. The molecule has 1 aliphatic rings. The summed E-state index contributed by atoms with van der Waals surface area (Å²) in [5.74, 6) is -0.430. The van der Waals surface area contributed by atoms with Crippen LogP contribution in [-0.2, 0) is 25.8 Å². The average Bonchev–Trinajstić information content (AvgIpc) is 2.35. The van der Waals surface area contributed by atoms with E-state index in [9.17, 15) is 9.59 Å². The van der Waals surface area contributed by atoms with Gasteiger partial charge in [-0.05, 0) is 5.56 Å². The van der Waals surface area contributed by atoms with Crippen molar-refractivity contribution >= 4 is 11.9 Å². The van der Waals surface area contributed by atoms with Crippen LogP contribution in [0.5, 0.6) is 0 Å². The first-order valence-corrected chi connectivity index (χ1v) is 5.79. The Balaban J connectivity index is 1.80. The van der Waals surface area contributed by atoms with Crippen molar-refractivity contribution in [2.24, 2.45) is 0 Å². The van der Waals surface area contributed by atoms with Crippen molar-refractivity contribution in [3.05, 3.63) is 35.9 Å². The molecule has 18 heavy (non-hydrogen) atoms. The average molecular weight is 249 g/mol. The summed E-state index contributed by atoms with van der Waals surface area (Å²) in [6.45, 7) is 1.87. The fourth-order valence-electron chi connectivity index (χ4n) is 1.70. The quantitative estimate of drug-likeness (QED) is 0.582. The summed E-state index contributed by atoms with van der Waals surface area (Å²) >= 11 is 0. The zero-order chi connectivity index (χ0) is 13.0. The van der Waals surface area contributed by atoms with Gasteiger partial charge in [0.25, 0.3) is 0 Å². The van der Waals surface area contributed by atoms with Crippen molar-refractivity contribution in [1.29, 1.82) is 0 Å². The summed E-state index contributed by atoms with van der Waals surface area (Å²) in [5, 5.41) is 1.29. The summed E-state index contributed by atoms with van der Waals surface area (Å²) < 4.78 is 4.86. The van der Waals surface area contributed by atoms with Crippen molar-refractivity contribution in [3.8, 4) is 0 Å². The van der Waals surface area contributed by atoms with Gasteiger partial charge in [-0.25, -0.2) is 5.06 Å². The number of ether oxygens (including phenoxy) is 1. The molecule has 0 spiro atoms. The zero-order valence-corrected chi connectivity index (χ0v) is 10.2. The molecule has 1 amide bonds. The van der Waals surface area contributed by atoms with Crippen LogP contribution in [0, 0.1) is 0 Å². The highest BCUT2D eigenvalue weighted by atomic mass is 16.7. The zero-order valence-electron chi connectivity index (χ0n) is 10.2. The van der Waals surface area contributed by atoms with Crippen molar-refractivity contribution in [2.45, 2.75) is 26.0 Å². The van der Waals surface area contributed by atoms with Crippen LogP contribution in [-0.4, -0.2) is 29.6 Å². The van der Waals surface area contributed by atoms with Gasteiger partial charge in [-0.15, -0.1) is 0 Å². The second kappa shape index (κ2) is 5.64. The highest BCUT2D eigenvalue weighted by molar-refractivity contribution is 5.82. The molecule has 0 radical (unpaired) electrons. The van der Waals surface area contributed by atoms with Crippen LogP contribution >= 0.6 is 0 Å². The lowest BCUT2D eigenvalue weighted by molar-refractivity contribution is -0.239. The van der Waals surface area contributed by atoms with Gasteiger partial charge >= 0.3 is 5.97 Å². The third-order valence-corrected chi connectivity index (χ3v) is 2.68. The Labute approximate surface area is 105 Å². The van der Waals surface area contributed by atoms with Crippen molar-refractivity contribution < 1.29 is 19.2 Å². The lowest BCUT2D eigenvalue weighted by Gasteiger charge is -2.38. The number of carbonyl (C=O) groups is 2. The molecule has 0 N–H and O–H groups in total. The number of hydrogen-bond donors (Lipinski definition) is 0.